The summed E-state index contributed by atoms with van der Waals surface area (Å²) in [4.78, 5) is 0. The second kappa shape index (κ2) is 6.29. The third-order valence-corrected chi connectivity index (χ3v) is 4.66. The molecule has 0 atom stereocenters. The zero-order valence-electron chi connectivity index (χ0n) is 10.6. The molecule has 0 unspecified atom stereocenters. The van der Waals surface area contributed by atoms with Gasteiger partial charge in [0.2, 0.25) is 0 Å². The van der Waals surface area contributed by atoms with Crippen LogP contribution in [0.4, 0.5) is 0 Å². The molecule has 1 aromatic carbocycles. The summed E-state index contributed by atoms with van der Waals surface area (Å²) in [5.74, 6) is 0.826. The van der Waals surface area contributed by atoms with Crippen molar-refractivity contribution < 1.29 is 4.74 Å². The lowest BCUT2D eigenvalue weighted by atomic mass is 10.2. The molecule has 0 saturated carbocycles. The average molecular weight is 409 g/mol. The number of aromatic nitrogens is 2. The summed E-state index contributed by atoms with van der Waals surface area (Å²) in [6.07, 6.45) is 0. The molecule has 0 spiro atoms. The Balaban J connectivity index is 2.19. The molecule has 0 amide bonds. The first kappa shape index (κ1) is 14.9. The monoisotopic (exact) mass is 406 g/mol. The van der Waals surface area contributed by atoms with Crippen LogP contribution in [0.3, 0.4) is 0 Å². The predicted octanol–water partition coefficient (Wildman–Crippen LogP) is 4.62. The van der Waals surface area contributed by atoms with Crippen LogP contribution >= 0.6 is 43.5 Å². The topological polar surface area (TPSA) is 27.1 Å². The van der Waals surface area contributed by atoms with Crippen LogP contribution in [0.25, 0.3) is 0 Å². The number of benzene rings is 1. The van der Waals surface area contributed by atoms with Crippen molar-refractivity contribution in [1.82, 2.24) is 9.78 Å². The van der Waals surface area contributed by atoms with Crippen LogP contribution in [0.2, 0.25) is 5.02 Å². The van der Waals surface area contributed by atoms with Crippen molar-refractivity contribution >= 4 is 43.5 Å². The van der Waals surface area contributed by atoms with Crippen molar-refractivity contribution in [2.24, 2.45) is 7.05 Å². The van der Waals surface area contributed by atoms with Gasteiger partial charge in [-0.2, -0.15) is 5.10 Å². The Morgan fingerprint density at radius 1 is 1.42 bits per heavy atom. The van der Waals surface area contributed by atoms with E-state index in [0.717, 1.165) is 27.2 Å². The van der Waals surface area contributed by atoms with Crippen LogP contribution < -0.4 is 4.74 Å². The van der Waals surface area contributed by atoms with Gasteiger partial charge in [0.1, 0.15) is 12.4 Å². The molecule has 0 bridgehead atoms. The van der Waals surface area contributed by atoms with Gasteiger partial charge < -0.3 is 4.74 Å². The summed E-state index contributed by atoms with van der Waals surface area (Å²) in [6, 6.07) is 5.61. The number of rotatable bonds is 4. The van der Waals surface area contributed by atoms with Gasteiger partial charge in [-0.15, -0.1) is 0 Å². The molecule has 102 valence electrons. The summed E-state index contributed by atoms with van der Waals surface area (Å²) in [6.45, 7) is 2.42. The number of hydrogen-bond acceptors (Lipinski definition) is 2. The third-order valence-electron chi connectivity index (χ3n) is 2.79. The second-order valence-corrected chi connectivity index (χ2v) is 5.93. The van der Waals surface area contributed by atoms with Crippen LogP contribution in [0.1, 0.15) is 17.0 Å². The standard InChI is InChI=1S/C13H13Br2ClN2O/c1-8-13(15)11(18(2)17-8)7-19-12-4-3-10(16)5-9(12)6-14/h3-5H,6-7H2,1-2H3. The molecule has 1 heterocycles. The van der Waals surface area contributed by atoms with Gasteiger partial charge in [-0.3, -0.25) is 4.68 Å². The van der Waals surface area contributed by atoms with E-state index < -0.39 is 0 Å². The maximum absolute atomic E-state index is 5.97. The lowest BCUT2D eigenvalue weighted by molar-refractivity contribution is 0.292. The zero-order chi connectivity index (χ0) is 14.0. The number of ether oxygens (including phenoxy) is 1. The van der Waals surface area contributed by atoms with Crippen molar-refractivity contribution in [1.29, 1.82) is 0 Å². The van der Waals surface area contributed by atoms with E-state index >= 15 is 0 Å². The van der Waals surface area contributed by atoms with Crippen molar-refractivity contribution in [2.75, 3.05) is 0 Å². The van der Waals surface area contributed by atoms with E-state index in [-0.39, 0.29) is 0 Å². The van der Waals surface area contributed by atoms with Crippen LogP contribution in [-0.2, 0) is 19.0 Å². The Kier molecular flexibility index (Phi) is 4.92. The van der Waals surface area contributed by atoms with Gasteiger partial charge in [-0.25, -0.2) is 0 Å². The smallest absolute Gasteiger partial charge is 0.131 e. The van der Waals surface area contributed by atoms with Crippen molar-refractivity contribution in [3.8, 4) is 5.75 Å². The number of aryl methyl sites for hydroxylation is 2. The van der Waals surface area contributed by atoms with E-state index in [1.807, 2.05) is 36.9 Å². The maximum Gasteiger partial charge on any atom is 0.131 e. The molecule has 0 aliphatic rings. The Hall–Kier alpha value is -0.520. The summed E-state index contributed by atoms with van der Waals surface area (Å²) < 4.78 is 8.68. The SMILES string of the molecule is Cc1nn(C)c(COc2ccc(Cl)cc2CBr)c1Br. The average Bonchev–Trinajstić information content (AvgIpc) is 2.62. The minimum atomic E-state index is 0.458. The zero-order valence-corrected chi connectivity index (χ0v) is 14.5. The third kappa shape index (κ3) is 3.33. The van der Waals surface area contributed by atoms with E-state index in [1.165, 1.54) is 0 Å². The van der Waals surface area contributed by atoms with Crippen molar-refractivity contribution in [2.45, 2.75) is 18.9 Å². The number of hydrogen-bond donors (Lipinski definition) is 0. The van der Waals surface area contributed by atoms with Gasteiger partial charge in [0, 0.05) is 23.0 Å². The fourth-order valence-corrected chi connectivity index (χ4v) is 2.86. The number of alkyl halides is 1. The first-order valence-electron chi connectivity index (χ1n) is 5.68. The molecular formula is C13H13Br2ClN2O. The Morgan fingerprint density at radius 3 is 2.74 bits per heavy atom. The molecule has 2 rings (SSSR count). The van der Waals surface area contributed by atoms with Gasteiger partial charge in [-0.1, -0.05) is 27.5 Å². The lowest BCUT2D eigenvalue weighted by Gasteiger charge is -2.11. The molecule has 6 heteroatoms. The van der Waals surface area contributed by atoms with Gasteiger partial charge in [0.25, 0.3) is 0 Å². The molecule has 0 fully saturated rings. The normalized spacial score (nSPS) is 10.8. The molecule has 0 saturated heterocycles. The highest BCUT2D eigenvalue weighted by molar-refractivity contribution is 9.10. The Labute approximate surface area is 134 Å². The summed E-state index contributed by atoms with van der Waals surface area (Å²) >= 11 is 12.9. The van der Waals surface area contributed by atoms with Gasteiger partial charge in [0.15, 0.2) is 0 Å². The molecule has 19 heavy (non-hydrogen) atoms. The number of nitrogens with zero attached hydrogens (tertiary/aromatic N) is 2. The van der Waals surface area contributed by atoms with Gasteiger partial charge in [0.05, 0.1) is 15.9 Å². The summed E-state index contributed by atoms with van der Waals surface area (Å²) in [7, 11) is 1.91. The van der Waals surface area contributed by atoms with E-state index in [2.05, 4.69) is 37.0 Å². The Bertz CT molecular complexity index is 599. The highest BCUT2D eigenvalue weighted by Gasteiger charge is 2.12. The highest BCUT2D eigenvalue weighted by Crippen LogP contribution is 2.27. The fourth-order valence-electron chi connectivity index (χ4n) is 1.78. The van der Waals surface area contributed by atoms with Crippen LogP contribution in [0.15, 0.2) is 22.7 Å². The van der Waals surface area contributed by atoms with Crippen LogP contribution in [0.5, 0.6) is 5.75 Å². The van der Waals surface area contributed by atoms with E-state index in [1.54, 1.807) is 0 Å². The predicted molar refractivity (Wildman–Crippen MR) is 84.1 cm³/mol. The van der Waals surface area contributed by atoms with Crippen LogP contribution in [0, 0.1) is 6.92 Å². The molecular weight excluding hydrogens is 395 g/mol. The molecule has 0 radical (unpaired) electrons. The molecule has 0 aliphatic carbocycles. The largest absolute Gasteiger partial charge is 0.487 e. The molecule has 1 aromatic heterocycles. The summed E-state index contributed by atoms with van der Waals surface area (Å²) in [5.41, 5.74) is 2.99. The molecule has 0 aliphatic heterocycles. The maximum atomic E-state index is 5.97. The summed E-state index contributed by atoms with van der Waals surface area (Å²) in [5, 5.41) is 5.75. The fraction of sp³-hybridized carbons (Fsp3) is 0.308. The van der Waals surface area contributed by atoms with Crippen LogP contribution in [-0.4, -0.2) is 9.78 Å². The minimum Gasteiger partial charge on any atom is -0.487 e. The van der Waals surface area contributed by atoms with Crippen molar-refractivity contribution in [3.63, 3.8) is 0 Å². The minimum absolute atomic E-state index is 0.458. The lowest BCUT2D eigenvalue weighted by Crippen LogP contribution is -2.04. The molecule has 0 N–H and O–H groups in total. The van der Waals surface area contributed by atoms with Crippen molar-refractivity contribution in [3.05, 3.63) is 44.6 Å². The first-order chi connectivity index (χ1) is 9.02. The van der Waals surface area contributed by atoms with Gasteiger partial charge in [-0.05, 0) is 41.1 Å². The number of halogens is 3. The second-order valence-electron chi connectivity index (χ2n) is 4.14. The van der Waals surface area contributed by atoms with E-state index in [4.69, 9.17) is 16.3 Å². The van der Waals surface area contributed by atoms with E-state index in [0.29, 0.717) is 17.0 Å². The van der Waals surface area contributed by atoms with E-state index in [9.17, 15) is 0 Å². The molecule has 2 aromatic rings. The highest BCUT2D eigenvalue weighted by atomic mass is 79.9. The first-order valence-corrected chi connectivity index (χ1v) is 7.97. The quantitative estimate of drug-likeness (QED) is 0.691. The molecule has 3 nitrogen and oxygen atoms in total. The van der Waals surface area contributed by atoms with Gasteiger partial charge >= 0.3 is 0 Å². The Morgan fingerprint density at radius 2 is 2.16 bits per heavy atom.